The van der Waals surface area contributed by atoms with Crippen LogP contribution < -0.4 is 4.90 Å². The number of rotatable bonds is 2. The molecule has 0 radical (unpaired) electrons. The third-order valence-electron chi connectivity index (χ3n) is 4.47. The number of fused-ring (bicyclic) bond motifs is 5. The van der Waals surface area contributed by atoms with Crippen LogP contribution in [-0.2, 0) is 14.3 Å². The fourth-order valence-electron chi connectivity index (χ4n) is 3.55. The lowest BCUT2D eigenvalue weighted by atomic mass is 9.77. The van der Waals surface area contributed by atoms with E-state index < -0.39 is 23.5 Å². The van der Waals surface area contributed by atoms with Crippen molar-refractivity contribution in [3.63, 3.8) is 0 Å². The maximum absolute atomic E-state index is 12.7. The fourth-order valence-corrected chi connectivity index (χ4v) is 3.94. The van der Waals surface area contributed by atoms with E-state index in [1.165, 1.54) is 4.90 Å². The summed E-state index contributed by atoms with van der Waals surface area (Å²) < 4.78 is 6.48. The first-order chi connectivity index (χ1) is 10.1. The highest BCUT2D eigenvalue weighted by molar-refractivity contribution is 9.10. The van der Waals surface area contributed by atoms with E-state index in [1.807, 2.05) is 6.07 Å². The lowest BCUT2D eigenvalue weighted by Gasteiger charge is -2.26. The lowest BCUT2D eigenvalue weighted by molar-refractivity contribution is -0.128. The van der Waals surface area contributed by atoms with Crippen LogP contribution in [0.15, 0.2) is 40.9 Å². The molecule has 0 spiro atoms. The molecule has 21 heavy (non-hydrogen) atoms. The Morgan fingerprint density at radius 3 is 2.86 bits per heavy atom. The number of amides is 2. The Morgan fingerprint density at radius 1 is 1.33 bits per heavy atom. The van der Waals surface area contributed by atoms with Gasteiger partial charge in [0.25, 0.3) is 0 Å². The minimum atomic E-state index is -1.04. The Kier molecular flexibility index (Phi) is 2.67. The summed E-state index contributed by atoms with van der Waals surface area (Å²) in [5.41, 5.74) is -0.496. The van der Waals surface area contributed by atoms with Crippen LogP contribution in [0.25, 0.3) is 0 Å². The van der Waals surface area contributed by atoms with Gasteiger partial charge in [-0.3, -0.25) is 9.59 Å². The Hall–Kier alpha value is -1.50. The van der Waals surface area contributed by atoms with Crippen molar-refractivity contribution in [1.29, 1.82) is 0 Å². The molecule has 3 heterocycles. The predicted octanol–water partition coefficient (Wildman–Crippen LogP) is 1.25. The number of carbonyl (C=O) groups is 2. The molecule has 3 aliphatic heterocycles. The number of halogens is 1. The average molecular weight is 350 g/mol. The number of imide groups is 1. The first kappa shape index (κ1) is 13.2. The van der Waals surface area contributed by atoms with Gasteiger partial charge in [0.1, 0.15) is 5.60 Å². The van der Waals surface area contributed by atoms with Crippen LogP contribution in [0, 0.1) is 11.8 Å². The SMILES string of the molecule is O=C1[C@H]2[C@@H](C(=O)N1c1cccc(Br)c1)[C@@]1(CO)C=C[C@H]2O1. The molecule has 0 aromatic heterocycles. The van der Waals surface area contributed by atoms with Gasteiger partial charge in [-0.25, -0.2) is 4.90 Å². The molecule has 2 amide bonds. The predicted molar refractivity (Wildman–Crippen MR) is 77.4 cm³/mol. The molecule has 0 aliphatic carbocycles. The van der Waals surface area contributed by atoms with Gasteiger partial charge in [0.05, 0.1) is 30.2 Å². The van der Waals surface area contributed by atoms with Gasteiger partial charge in [-0.05, 0) is 18.2 Å². The monoisotopic (exact) mass is 349 g/mol. The van der Waals surface area contributed by atoms with Crippen molar-refractivity contribution in [1.82, 2.24) is 0 Å². The summed E-state index contributed by atoms with van der Waals surface area (Å²) in [6.07, 6.45) is 3.07. The van der Waals surface area contributed by atoms with E-state index in [-0.39, 0.29) is 18.4 Å². The van der Waals surface area contributed by atoms with Gasteiger partial charge in [0.15, 0.2) is 0 Å². The number of anilines is 1. The number of aliphatic hydroxyl groups excluding tert-OH is 1. The highest BCUT2D eigenvalue weighted by atomic mass is 79.9. The normalized spacial score (nSPS) is 36.7. The second kappa shape index (κ2) is 4.25. The molecular weight excluding hydrogens is 338 g/mol. The number of benzene rings is 1. The third kappa shape index (κ3) is 1.58. The van der Waals surface area contributed by atoms with E-state index in [2.05, 4.69) is 15.9 Å². The highest BCUT2D eigenvalue weighted by Crippen LogP contribution is 2.52. The fraction of sp³-hybridized carbons (Fsp3) is 0.333. The molecule has 2 fully saturated rings. The molecule has 4 rings (SSSR count). The van der Waals surface area contributed by atoms with E-state index in [9.17, 15) is 14.7 Å². The number of nitrogens with zero attached hydrogens (tertiary/aromatic N) is 1. The van der Waals surface area contributed by atoms with Gasteiger partial charge in [-0.2, -0.15) is 0 Å². The van der Waals surface area contributed by atoms with E-state index >= 15 is 0 Å². The zero-order valence-electron chi connectivity index (χ0n) is 10.9. The number of aliphatic hydroxyl groups is 1. The average Bonchev–Trinajstić information content (AvgIpc) is 3.10. The molecule has 0 unspecified atom stereocenters. The smallest absolute Gasteiger partial charge is 0.241 e. The zero-order valence-corrected chi connectivity index (χ0v) is 12.5. The molecule has 108 valence electrons. The van der Waals surface area contributed by atoms with Gasteiger partial charge >= 0.3 is 0 Å². The van der Waals surface area contributed by atoms with Crippen molar-refractivity contribution >= 4 is 33.4 Å². The minimum Gasteiger partial charge on any atom is -0.393 e. The van der Waals surface area contributed by atoms with Crippen molar-refractivity contribution in [3.05, 3.63) is 40.9 Å². The van der Waals surface area contributed by atoms with Gasteiger partial charge in [0, 0.05) is 4.47 Å². The summed E-state index contributed by atoms with van der Waals surface area (Å²) in [5.74, 6) is -1.73. The molecule has 2 bridgehead atoms. The molecule has 5 nitrogen and oxygen atoms in total. The van der Waals surface area contributed by atoms with E-state index in [0.717, 1.165) is 4.47 Å². The van der Waals surface area contributed by atoms with Crippen molar-refractivity contribution in [2.24, 2.45) is 11.8 Å². The van der Waals surface area contributed by atoms with Crippen molar-refractivity contribution in [3.8, 4) is 0 Å². The van der Waals surface area contributed by atoms with E-state index in [4.69, 9.17) is 4.74 Å². The summed E-state index contributed by atoms with van der Waals surface area (Å²) in [6, 6.07) is 7.07. The van der Waals surface area contributed by atoms with Gasteiger partial charge in [0.2, 0.25) is 11.8 Å². The molecule has 4 atom stereocenters. The summed E-state index contributed by atoms with van der Waals surface area (Å²) >= 11 is 3.34. The topological polar surface area (TPSA) is 66.8 Å². The molecular formula is C15H12BrNO4. The van der Waals surface area contributed by atoms with Gasteiger partial charge in [-0.1, -0.05) is 34.1 Å². The summed E-state index contributed by atoms with van der Waals surface area (Å²) in [4.78, 5) is 26.6. The summed E-state index contributed by atoms with van der Waals surface area (Å²) in [6.45, 7) is -0.299. The molecule has 0 saturated carbocycles. The van der Waals surface area contributed by atoms with Crippen LogP contribution in [0.1, 0.15) is 0 Å². The van der Waals surface area contributed by atoms with Crippen LogP contribution in [0.5, 0.6) is 0 Å². The molecule has 6 heteroatoms. The maximum atomic E-state index is 12.7. The van der Waals surface area contributed by atoms with Crippen LogP contribution in [-0.4, -0.2) is 35.2 Å². The van der Waals surface area contributed by atoms with Crippen LogP contribution in [0.2, 0.25) is 0 Å². The molecule has 2 saturated heterocycles. The highest BCUT2D eigenvalue weighted by Gasteiger charge is 2.67. The molecule has 1 N–H and O–H groups in total. The number of hydrogen-bond acceptors (Lipinski definition) is 4. The second-order valence-electron chi connectivity index (χ2n) is 5.55. The molecule has 1 aromatic carbocycles. The first-order valence-corrected chi connectivity index (χ1v) is 7.48. The molecule has 3 aliphatic rings. The molecule has 1 aromatic rings. The number of hydrogen-bond donors (Lipinski definition) is 1. The quantitative estimate of drug-likeness (QED) is 0.644. The second-order valence-corrected chi connectivity index (χ2v) is 6.47. The van der Waals surface area contributed by atoms with Crippen molar-refractivity contribution < 1.29 is 19.4 Å². The summed E-state index contributed by atoms with van der Waals surface area (Å²) in [7, 11) is 0. The number of carbonyl (C=O) groups excluding carboxylic acids is 2. The van der Waals surface area contributed by atoms with Crippen molar-refractivity contribution in [2.45, 2.75) is 11.7 Å². The van der Waals surface area contributed by atoms with Crippen LogP contribution in [0.3, 0.4) is 0 Å². The standard InChI is InChI=1S/C15H12BrNO4/c16-8-2-1-3-9(6-8)17-13(19)11-10-4-5-15(7-18,21-10)12(11)14(17)20/h1-6,10-12,18H,7H2/t10-,11-,12+,15+/m1/s1. The Morgan fingerprint density at radius 2 is 2.14 bits per heavy atom. The Labute approximate surface area is 129 Å². The van der Waals surface area contributed by atoms with Gasteiger partial charge in [-0.15, -0.1) is 0 Å². The zero-order chi connectivity index (χ0) is 14.8. The Balaban J connectivity index is 1.79. The van der Waals surface area contributed by atoms with E-state index in [1.54, 1.807) is 30.4 Å². The van der Waals surface area contributed by atoms with Crippen LogP contribution >= 0.6 is 15.9 Å². The van der Waals surface area contributed by atoms with Gasteiger partial charge < -0.3 is 9.84 Å². The largest absolute Gasteiger partial charge is 0.393 e. The summed E-state index contributed by atoms with van der Waals surface area (Å²) in [5, 5.41) is 9.63. The maximum Gasteiger partial charge on any atom is 0.241 e. The minimum absolute atomic E-state index is 0.257. The third-order valence-corrected chi connectivity index (χ3v) is 4.96. The van der Waals surface area contributed by atoms with Crippen molar-refractivity contribution in [2.75, 3.05) is 11.5 Å². The van der Waals surface area contributed by atoms with Crippen LogP contribution in [0.4, 0.5) is 5.69 Å². The number of ether oxygens (including phenoxy) is 1. The lowest BCUT2D eigenvalue weighted by Crippen LogP contribution is -2.43. The Bertz CT molecular complexity index is 688. The van der Waals surface area contributed by atoms with E-state index in [0.29, 0.717) is 5.69 Å². The first-order valence-electron chi connectivity index (χ1n) is 6.69.